The smallest absolute Gasteiger partial charge is 0.282 e. The second kappa shape index (κ2) is 8.26. The van der Waals surface area contributed by atoms with Crippen molar-refractivity contribution in [2.24, 2.45) is 0 Å². The van der Waals surface area contributed by atoms with Gasteiger partial charge in [0, 0.05) is 11.6 Å². The zero-order valence-corrected chi connectivity index (χ0v) is 17.2. The Morgan fingerprint density at radius 3 is 2.41 bits per heavy atom. The van der Waals surface area contributed by atoms with Crippen molar-refractivity contribution in [3.05, 3.63) is 65.2 Å². The van der Waals surface area contributed by atoms with Gasteiger partial charge in [-0.25, -0.2) is 0 Å². The van der Waals surface area contributed by atoms with E-state index in [1.807, 2.05) is 6.07 Å². The first-order chi connectivity index (χ1) is 13.0. The molecule has 27 heavy (non-hydrogen) atoms. The Labute approximate surface area is 164 Å². The predicted octanol–water partition coefficient (Wildman–Crippen LogP) is 5.04. The summed E-state index contributed by atoms with van der Waals surface area (Å²) in [5.41, 5.74) is 4.63. The van der Waals surface area contributed by atoms with Crippen LogP contribution in [-0.2, 0) is 4.79 Å². The van der Waals surface area contributed by atoms with Gasteiger partial charge in [0.15, 0.2) is 6.04 Å². The molecule has 0 bridgehead atoms. The van der Waals surface area contributed by atoms with E-state index >= 15 is 0 Å². The highest BCUT2D eigenvalue weighted by molar-refractivity contribution is 5.95. The highest BCUT2D eigenvalue weighted by Crippen LogP contribution is 2.33. The molecule has 0 aliphatic carbocycles. The zero-order chi connectivity index (χ0) is 19.4. The SMILES string of the molecule is CC[N+]1(C(C)C(=O)Nc2c(C)cccc2C)CCCC(c2ccccc2)C1. The number of para-hydroxylation sites is 1. The average Bonchev–Trinajstić information content (AvgIpc) is 2.70. The van der Waals surface area contributed by atoms with Crippen molar-refractivity contribution in [3.8, 4) is 0 Å². The van der Waals surface area contributed by atoms with Gasteiger partial charge in [-0.05, 0) is 57.2 Å². The van der Waals surface area contributed by atoms with E-state index in [9.17, 15) is 4.79 Å². The molecule has 3 nitrogen and oxygen atoms in total. The molecule has 1 aliphatic heterocycles. The van der Waals surface area contributed by atoms with Crippen LogP contribution in [0.2, 0.25) is 0 Å². The minimum absolute atomic E-state index is 0.0551. The van der Waals surface area contributed by atoms with Crippen molar-refractivity contribution < 1.29 is 9.28 Å². The maximum Gasteiger partial charge on any atom is 0.282 e. The zero-order valence-electron chi connectivity index (χ0n) is 17.2. The molecule has 3 atom stereocenters. The van der Waals surface area contributed by atoms with Gasteiger partial charge in [-0.3, -0.25) is 4.79 Å². The number of nitrogens with one attached hydrogen (secondary N) is 1. The van der Waals surface area contributed by atoms with Gasteiger partial charge in [-0.1, -0.05) is 48.5 Å². The number of benzene rings is 2. The lowest BCUT2D eigenvalue weighted by Gasteiger charge is -2.47. The van der Waals surface area contributed by atoms with Crippen LogP contribution in [0.5, 0.6) is 0 Å². The second-order valence-electron chi connectivity index (χ2n) is 8.12. The molecule has 1 fully saturated rings. The quantitative estimate of drug-likeness (QED) is 0.739. The van der Waals surface area contributed by atoms with E-state index in [4.69, 9.17) is 0 Å². The van der Waals surface area contributed by atoms with Crippen molar-refractivity contribution in [1.29, 1.82) is 0 Å². The van der Waals surface area contributed by atoms with Gasteiger partial charge in [0.25, 0.3) is 5.91 Å². The number of amides is 1. The van der Waals surface area contributed by atoms with E-state index in [0.29, 0.717) is 5.92 Å². The van der Waals surface area contributed by atoms with Crippen LogP contribution in [0.4, 0.5) is 5.69 Å². The largest absolute Gasteiger partial charge is 0.320 e. The molecule has 1 aliphatic rings. The van der Waals surface area contributed by atoms with E-state index in [-0.39, 0.29) is 11.9 Å². The highest BCUT2D eigenvalue weighted by atomic mass is 16.2. The maximum atomic E-state index is 13.2. The number of likely N-dealkylation sites (tertiary alicyclic amines) is 1. The first-order valence-electron chi connectivity index (χ1n) is 10.2. The first-order valence-corrected chi connectivity index (χ1v) is 10.2. The van der Waals surface area contributed by atoms with Gasteiger partial charge < -0.3 is 9.80 Å². The van der Waals surface area contributed by atoms with Crippen LogP contribution in [0, 0.1) is 13.8 Å². The second-order valence-corrected chi connectivity index (χ2v) is 8.12. The third-order valence-corrected chi connectivity index (χ3v) is 6.57. The minimum atomic E-state index is -0.0551. The van der Waals surface area contributed by atoms with Crippen LogP contribution in [-0.4, -0.2) is 36.1 Å². The summed E-state index contributed by atoms with van der Waals surface area (Å²) in [5.74, 6) is 0.679. The van der Waals surface area contributed by atoms with Gasteiger partial charge in [0.1, 0.15) is 0 Å². The fourth-order valence-corrected chi connectivity index (χ4v) is 4.67. The summed E-state index contributed by atoms with van der Waals surface area (Å²) in [4.78, 5) is 13.2. The van der Waals surface area contributed by atoms with Crippen molar-refractivity contribution in [1.82, 2.24) is 0 Å². The molecule has 144 valence electrons. The number of nitrogens with zero attached hydrogens (tertiary/aromatic N) is 1. The number of carbonyl (C=O) groups is 1. The molecule has 1 amide bonds. The van der Waals surface area contributed by atoms with Gasteiger partial charge >= 0.3 is 0 Å². The molecule has 1 N–H and O–H groups in total. The Kier molecular flexibility index (Phi) is 6.01. The number of aryl methyl sites for hydroxylation is 2. The summed E-state index contributed by atoms with van der Waals surface area (Å²) in [6.07, 6.45) is 2.39. The van der Waals surface area contributed by atoms with E-state index in [1.54, 1.807) is 0 Å². The summed E-state index contributed by atoms with van der Waals surface area (Å²) in [7, 11) is 0. The molecule has 0 spiro atoms. The van der Waals surface area contributed by atoms with E-state index in [0.717, 1.165) is 40.9 Å². The van der Waals surface area contributed by atoms with Crippen LogP contribution in [0.1, 0.15) is 49.3 Å². The molecule has 0 aromatic heterocycles. The lowest BCUT2D eigenvalue weighted by Crippen LogP contribution is -2.62. The maximum absolute atomic E-state index is 13.2. The van der Waals surface area contributed by atoms with Crippen LogP contribution < -0.4 is 5.32 Å². The van der Waals surface area contributed by atoms with Crippen molar-refractivity contribution in [2.75, 3.05) is 25.0 Å². The molecule has 0 saturated carbocycles. The number of quaternary nitrogens is 1. The summed E-state index contributed by atoms with van der Waals surface area (Å²) in [6, 6.07) is 16.9. The summed E-state index contributed by atoms with van der Waals surface area (Å²) in [6.45, 7) is 11.6. The van der Waals surface area contributed by atoms with Crippen molar-refractivity contribution >= 4 is 11.6 Å². The molecule has 3 heteroatoms. The summed E-state index contributed by atoms with van der Waals surface area (Å²) >= 11 is 0. The first kappa shape index (κ1) is 19.6. The third-order valence-electron chi connectivity index (χ3n) is 6.57. The lowest BCUT2D eigenvalue weighted by molar-refractivity contribution is -0.944. The Morgan fingerprint density at radius 2 is 1.78 bits per heavy atom. The van der Waals surface area contributed by atoms with Crippen LogP contribution in [0.15, 0.2) is 48.5 Å². The Morgan fingerprint density at radius 1 is 1.11 bits per heavy atom. The van der Waals surface area contributed by atoms with Crippen LogP contribution >= 0.6 is 0 Å². The third kappa shape index (κ3) is 4.08. The molecule has 3 rings (SSSR count). The number of piperidine rings is 1. The molecular formula is C24H33N2O+. The number of rotatable bonds is 5. The van der Waals surface area contributed by atoms with Crippen LogP contribution in [0.3, 0.4) is 0 Å². The van der Waals surface area contributed by atoms with Gasteiger partial charge in [-0.15, -0.1) is 0 Å². The fraction of sp³-hybridized carbons (Fsp3) is 0.458. The van der Waals surface area contributed by atoms with Gasteiger partial charge in [0.2, 0.25) is 0 Å². The normalized spacial score (nSPS) is 23.6. The number of anilines is 1. The molecule has 0 radical (unpaired) electrons. The highest BCUT2D eigenvalue weighted by Gasteiger charge is 2.42. The van der Waals surface area contributed by atoms with Crippen molar-refractivity contribution in [2.45, 2.75) is 52.5 Å². The lowest BCUT2D eigenvalue weighted by atomic mass is 9.87. The van der Waals surface area contributed by atoms with Crippen molar-refractivity contribution in [3.63, 3.8) is 0 Å². The van der Waals surface area contributed by atoms with Gasteiger partial charge in [-0.2, -0.15) is 0 Å². The molecule has 1 saturated heterocycles. The van der Waals surface area contributed by atoms with Gasteiger partial charge in [0.05, 0.1) is 19.6 Å². The number of likely N-dealkylation sites (N-methyl/N-ethyl adjacent to an activating group) is 1. The summed E-state index contributed by atoms with van der Waals surface area (Å²) < 4.78 is 0.871. The molecule has 2 aromatic carbocycles. The number of hydrogen-bond donors (Lipinski definition) is 1. The summed E-state index contributed by atoms with van der Waals surface area (Å²) in [5, 5.41) is 3.23. The Balaban J connectivity index is 1.80. The average molecular weight is 366 g/mol. The van der Waals surface area contributed by atoms with E-state index in [2.05, 4.69) is 75.5 Å². The topological polar surface area (TPSA) is 29.1 Å². The monoisotopic (exact) mass is 365 g/mol. The van der Waals surface area contributed by atoms with E-state index in [1.165, 1.54) is 18.4 Å². The predicted molar refractivity (Wildman–Crippen MR) is 113 cm³/mol. The Bertz CT molecular complexity index is 766. The number of hydrogen-bond acceptors (Lipinski definition) is 1. The fourth-order valence-electron chi connectivity index (χ4n) is 4.67. The number of carbonyl (C=O) groups excluding carboxylic acids is 1. The molecular weight excluding hydrogens is 332 g/mol. The molecule has 1 heterocycles. The molecule has 2 aromatic rings. The Hall–Kier alpha value is -2.13. The molecule has 3 unspecified atom stereocenters. The standard InChI is InChI=1S/C24H32N2O/c1-5-26(16-10-15-22(17-26)21-13-7-6-8-14-21)20(4)24(27)25-23-18(2)11-9-12-19(23)3/h6-9,11-14,20,22H,5,10,15-17H2,1-4H3/p+1. The van der Waals surface area contributed by atoms with E-state index < -0.39 is 0 Å². The minimum Gasteiger partial charge on any atom is -0.320 e. The van der Waals surface area contributed by atoms with Crippen LogP contribution in [0.25, 0.3) is 0 Å².